The third kappa shape index (κ3) is 3.18. The Hall–Kier alpha value is -0.0800. The van der Waals surface area contributed by atoms with Crippen LogP contribution >= 0.6 is 0 Å². The molecule has 0 amide bonds. The molecule has 1 aliphatic carbocycles. The van der Waals surface area contributed by atoms with Gasteiger partial charge in [-0.2, -0.15) is 0 Å². The summed E-state index contributed by atoms with van der Waals surface area (Å²) in [6.07, 6.45) is 7.24. The van der Waals surface area contributed by atoms with Crippen LogP contribution in [0.4, 0.5) is 0 Å². The quantitative estimate of drug-likeness (QED) is 0.765. The summed E-state index contributed by atoms with van der Waals surface area (Å²) in [5.41, 5.74) is 0. The fourth-order valence-corrected chi connectivity index (χ4v) is 2.75. The summed E-state index contributed by atoms with van der Waals surface area (Å²) in [6.45, 7) is 8.42. The van der Waals surface area contributed by atoms with Crippen molar-refractivity contribution in [2.24, 2.45) is 5.92 Å². The minimum Gasteiger partial charge on any atom is -0.314 e. The first kappa shape index (κ1) is 11.4. The average molecular weight is 210 g/mol. The first-order valence-electron chi connectivity index (χ1n) is 6.73. The summed E-state index contributed by atoms with van der Waals surface area (Å²) in [5.74, 6) is 0.904. The van der Waals surface area contributed by atoms with E-state index in [4.69, 9.17) is 0 Å². The Kier molecular flexibility index (Phi) is 4.04. The highest BCUT2D eigenvalue weighted by Gasteiger charge is 2.29. The molecule has 2 nitrogen and oxygen atoms in total. The number of piperidine rings is 1. The smallest absolute Gasteiger partial charge is 0.00954 e. The average Bonchev–Trinajstić information content (AvgIpc) is 2.13. The zero-order chi connectivity index (χ0) is 10.7. The summed E-state index contributed by atoms with van der Waals surface area (Å²) in [4.78, 5) is 2.75. The molecule has 2 aliphatic rings. The Bertz CT molecular complexity index is 187. The van der Waals surface area contributed by atoms with Crippen molar-refractivity contribution in [3.05, 3.63) is 0 Å². The van der Waals surface area contributed by atoms with Crippen LogP contribution in [0.15, 0.2) is 0 Å². The van der Waals surface area contributed by atoms with E-state index in [1.54, 1.807) is 0 Å². The normalized spacial score (nSPS) is 29.4. The van der Waals surface area contributed by atoms with Crippen LogP contribution in [-0.2, 0) is 0 Å². The zero-order valence-corrected chi connectivity index (χ0v) is 10.3. The van der Waals surface area contributed by atoms with Crippen molar-refractivity contribution < 1.29 is 0 Å². The van der Waals surface area contributed by atoms with E-state index >= 15 is 0 Å². The molecule has 1 aliphatic heterocycles. The fraction of sp³-hybridized carbons (Fsp3) is 1.00. The van der Waals surface area contributed by atoms with Crippen LogP contribution in [0.1, 0.15) is 46.0 Å². The van der Waals surface area contributed by atoms with E-state index in [9.17, 15) is 0 Å². The molecule has 1 unspecified atom stereocenters. The molecular formula is C13H26N2. The minimum absolute atomic E-state index is 0.643. The van der Waals surface area contributed by atoms with Gasteiger partial charge in [-0.15, -0.1) is 0 Å². The van der Waals surface area contributed by atoms with E-state index < -0.39 is 0 Å². The van der Waals surface area contributed by atoms with Crippen molar-refractivity contribution in [2.75, 3.05) is 19.6 Å². The molecule has 2 heteroatoms. The van der Waals surface area contributed by atoms with E-state index in [0.717, 1.165) is 12.0 Å². The number of likely N-dealkylation sites (tertiary alicyclic amines) is 1. The molecule has 0 bridgehead atoms. The summed E-state index contributed by atoms with van der Waals surface area (Å²) < 4.78 is 0. The molecule has 88 valence electrons. The van der Waals surface area contributed by atoms with Crippen LogP contribution in [0.5, 0.6) is 0 Å². The molecule has 1 saturated heterocycles. The molecule has 0 aromatic carbocycles. The third-order valence-corrected chi connectivity index (χ3v) is 3.96. The van der Waals surface area contributed by atoms with Crippen LogP contribution in [-0.4, -0.2) is 36.6 Å². The molecule has 0 aromatic rings. The molecule has 0 radical (unpaired) electrons. The zero-order valence-electron chi connectivity index (χ0n) is 10.3. The van der Waals surface area contributed by atoms with Crippen LogP contribution in [0, 0.1) is 5.92 Å². The lowest BCUT2D eigenvalue weighted by Crippen LogP contribution is -2.48. The predicted molar refractivity (Wildman–Crippen MR) is 65.1 cm³/mol. The van der Waals surface area contributed by atoms with Gasteiger partial charge in [0.1, 0.15) is 0 Å². The summed E-state index contributed by atoms with van der Waals surface area (Å²) >= 11 is 0. The minimum atomic E-state index is 0.643. The van der Waals surface area contributed by atoms with Gasteiger partial charge in [-0.3, -0.25) is 0 Å². The van der Waals surface area contributed by atoms with Gasteiger partial charge >= 0.3 is 0 Å². The van der Waals surface area contributed by atoms with Gasteiger partial charge in [0.2, 0.25) is 0 Å². The van der Waals surface area contributed by atoms with Gasteiger partial charge < -0.3 is 10.2 Å². The highest BCUT2D eigenvalue weighted by molar-refractivity contribution is 4.84. The summed E-state index contributed by atoms with van der Waals surface area (Å²) in [6, 6.07) is 1.59. The maximum Gasteiger partial charge on any atom is 0.00954 e. The van der Waals surface area contributed by atoms with E-state index in [0.29, 0.717) is 6.04 Å². The molecule has 1 saturated carbocycles. The molecular weight excluding hydrogens is 184 g/mol. The molecule has 1 atom stereocenters. The fourth-order valence-electron chi connectivity index (χ4n) is 2.75. The number of nitrogens with zero attached hydrogens (tertiary/aromatic N) is 1. The van der Waals surface area contributed by atoms with Crippen molar-refractivity contribution in [2.45, 2.75) is 58.0 Å². The Labute approximate surface area is 94.4 Å². The lowest BCUT2D eigenvalue weighted by atomic mass is 9.88. The Morgan fingerprint density at radius 2 is 2.00 bits per heavy atom. The molecule has 1 N–H and O–H groups in total. The van der Waals surface area contributed by atoms with Gasteiger partial charge in [-0.05, 0) is 44.7 Å². The van der Waals surface area contributed by atoms with E-state index in [1.165, 1.54) is 51.7 Å². The van der Waals surface area contributed by atoms with Gasteiger partial charge in [-0.25, -0.2) is 0 Å². The van der Waals surface area contributed by atoms with Crippen LogP contribution in [0.2, 0.25) is 0 Å². The van der Waals surface area contributed by atoms with E-state index in [-0.39, 0.29) is 0 Å². The second-order valence-electron chi connectivity index (χ2n) is 5.65. The Morgan fingerprint density at radius 3 is 2.60 bits per heavy atom. The van der Waals surface area contributed by atoms with Gasteiger partial charge in [0.15, 0.2) is 0 Å². The van der Waals surface area contributed by atoms with Crippen LogP contribution in [0.3, 0.4) is 0 Å². The van der Waals surface area contributed by atoms with Crippen molar-refractivity contribution in [1.82, 2.24) is 10.2 Å². The Balaban J connectivity index is 1.71. The molecule has 0 spiro atoms. The third-order valence-electron chi connectivity index (χ3n) is 3.96. The van der Waals surface area contributed by atoms with Gasteiger partial charge in [0.25, 0.3) is 0 Å². The lowest BCUT2D eigenvalue weighted by Gasteiger charge is -2.42. The van der Waals surface area contributed by atoms with Crippen LogP contribution in [0.25, 0.3) is 0 Å². The lowest BCUT2D eigenvalue weighted by molar-refractivity contribution is 0.0762. The van der Waals surface area contributed by atoms with Crippen molar-refractivity contribution in [1.29, 1.82) is 0 Å². The van der Waals surface area contributed by atoms with E-state index in [2.05, 4.69) is 24.1 Å². The first-order valence-corrected chi connectivity index (χ1v) is 6.73. The van der Waals surface area contributed by atoms with Crippen molar-refractivity contribution in [3.8, 4) is 0 Å². The number of hydrogen-bond acceptors (Lipinski definition) is 2. The number of nitrogens with one attached hydrogen (secondary N) is 1. The highest BCUT2D eigenvalue weighted by atomic mass is 15.2. The van der Waals surface area contributed by atoms with Crippen molar-refractivity contribution in [3.63, 3.8) is 0 Å². The monoisotopic (exact) mass is 210 g/mol. The maximum absolute atomic E-state index is 3.58. The number of hydrogen-bond donors (Lipinski definition) is 1. The Morgan fingerprint density at radius 1 is 1.20 bits per heavy atom. The van der Waals surface area contributed by atoms with Crippen molar-refractivity contribution >= 4 is 0 Å². The SMILES string of the molecule is CC(C)NCC1CCCN(C2CCC2)C1. The second kappa shape index (κ2) is 5.31. The van der Waals surface area contributed by atoms with Gasteiger partial charge in [-0.1, -0.05) is 20.3 Å². The second-order valence-corrected chi connectivity index (χ2v) is 5.65. The maximum atomic E-state index is 3.58. The molecule has 1 heterocycles. The summed E-state index contributed by atoms with van der Waals surface area (Å²) in [7, 11) is 0. The van der Waals surface area contributed by atoms with Gasteiger partial charge in [0.05, 0.1) is 0 Å². The molecule has 15 heavy (non-hydrogen) atoms. The topological polar surface area (TPSA) is 15.3 Å². The standard InChI is InChI=1S/C13H26N2/c1-11(2)14-9-12-5-4-8-15(10-12)13-6-3-7-13/h11-14H,3-10H2,1-2H3. The summed E-state index contributed by atoms with van der Waals surface area (Å²) in [5, 5.41) is 3.58. The van der Waals surface area contributed by atoms with E-state index in [1.807, 2.05) is 0 Å². The number of rotatable bonds is 4. The molecule has 0 aromatic heterocycles. The highest BCUT2D eigenvalue weighted by Crippen LogP contribution is 2.28. The molecule has 2 rings (SSSR count). The largest absolute Gasteiger partial charge is 0.314 e. The molecule has 2 fully saturated rings. The van der Waals surface area contributed by atoms with Crippen LogP contribution < -0.4 is 5.32 Å². The van der Waals surface area contributed by atoms with Gasteiger partial charge in [0, 0.05) is 18.6 Å². The first-order chi connectivity index (χ1) is 7.25. The predicted octanol–water partition coefficient (Wildman–Crippen LogP) is 2.25.